The van der Waals surface area contributed by atoms with Gasteiger partial charge in [-0.3, -0.25) is 4.90 Å². The number of ether oxygens (including phenoxy) is 1. The van der Waals surface area contributed by atoms with Gasteiger partial charge in [-0.15, -0.1) is 0 Å². The smallest absolute Gasteiger partial charge is 0.319 e. The highest BCUT2D eigenvalue weighted by Crippen LogP contribution is 2.41. The summed E-state index contributed by atoms with van der Waals surface area (Å²) in [6.45, 7) is 2.84. The summed E-state index contributed by atoms with van der Waals surface area (Å²) in [7, 11) is 0. The summed E-state index contributed by atoms with van der Waals surface area (Å²) in [4.78, 5) is 13.2. The van der Waals surface area contributed by atoms with E-state index in [0.29, 0.717) is 50.1 Å². The largest absolute Gasteiger partial charge is 0.461 e. The van der Waals surface area contributed by atoms with Crippen LogP contribution in [0, 0.1) is 5.82 Å². The number of aliphatic hydroxyl groups excluding tert-OH is 1. The van der Waals surface area contributed by atoms with E-state index in [-0.39, 0.29) is 39.3 Å². The van der Waals surface area contributed by atoms with Crippen molar-refractivity contribution < 1.29 is 18.6 Å². The van der Waals surface area contributed by atoms with Crippen molar-refractivity contribution in [2.45, 2.75) is 56.3 Å². The predicted molar refractivity (Wildman–Crippen MR) is 123 cm³/mol. The summed E-state index contributed by atoms with van der Waals surface area (Å²) < 4.78 is 35.4. The first kappa shape index (κ1) is 22.5. The maximum Gasteiger partial charge on any atom is 0.319 e. The van der Waals surface area contributed by atoms with E-state index in [1.54, 1.807) is 6.07 Å². The van der Waals surface area contributed by atoms with Crippen LogP contribution in [0.2, 0.25) is 5.02 Å². The Labute approximate surface area is 199 Å². The number of aromatic nitrogens is 2. The van der Waals surface area contributed by atoms with Crippen molar-refractivity contribution in [1.29, 1.82) is 0 Å². The number of aliphatic hydroxyl groups is 1. The SMILES string of the molecule is OC1CCCN(c2nc(OC[C@@]34CCCN3C[C@H](F)C4)nc3c(F)c(Br)c(Cl)cc23)CC1. The van der Waals surface area contributed by atoms with E-state index in [1.807, 2.05) is 4.90 Å². The van der Waals surface area contributed by atoms with E-state index in [4.69, 9.17) is 16.3 Å². The summed E-state index contributed by atoms with van der Waals surface area (Å²) in [5.41, 5.74) is -0.217. The minimum atomic E-state index is -0.856. The monoisotopic (exact) mass is 530 g/mol. The van der Waals surface area contributed by atoms with Gasteiger partial charge in [-0.25, -0.2) is 8.78 Å². The van der Waals surface area contributed by atoms with Gasteiger partial charge >= 0.3 is 6.01 Å². The van der Waals surface area contributed by atoms with E-state index < -0.39 is 12.0 Å². The number of alkyl halides is 1. The molecule has 0 amide bonds. The number of hydrogen-bond donors (Lipinski definition) is 1. The van der Waals surface area contributed by atoms with E-state index in [9.17, 15) is 9.50 Å². The summed E-state index contributed by atoms with van der Waals surface area (Å²) in [6, 6.07) is 1.74. The van der Waals surface area contributed by atoms with Crippen LogP contribution in [-0.4, -0.2) is 70.6 Å². The molecule has 3 fully saturated rings. The Morgan fingerprint density at radius 1 is 1.25 bits per heavy atom. The molecule has 3 atom stereocenters. The molecule has 174 valence electrons. The lowest BCUT2D eigenvalue weighted by molar-refractivity contribution is 0.107. The number of hydrogen-bond acceptors (Lipinski definition) is 6. The minimum absolute atomic E-state index is 0.0777. The van der Waals surface area contributed by atoms with Crippen LogP contribution in [0.25, 0.3) is 10.9 Å². The predicted octanol–water partition coefficient (Wildman–Crippen LogP) is 4.49. The third kappa shape index (κ3) is 4.06. The van der Waals surface area contributed by atoms with Crippen molar-refractivity contribution in [3.63, 3.8) is 0 Å². The van der Waals surface area contributed by atoms with Gasteiger partial charge in [-0.1, -0.05) is 11.6 Å². The molecule has 5 rings (SSSR count). The van der Waals surface area contributed by atoms with Crippen LogP contribution in [-0.2, 0) is 0 Å². The van der Waals surface area contributed by atoms with Gasteiger partial charge in [0.05, 0.1) is 21.1 Å². The number of benzene rings is 1. The van der Waals surface area contributed by atoms with Gasteiger partial charge in [0, 0.05) is 31.4 Å². The molecule has 10 heteroatoms. The Bertz CT molecular complexity index is 1030. The molecule has 0 spiro atoms. The molecule has 6 nitrogen and oxygen atoms in total. The van der Waals surface area contributed by atoms with Gasteiger partial charge in [0.25, 0.3) is 0 Å². The first-order valence-electron chi connectivity index (χ1n) is 11.2. The Balaban J connectivity index is 1.51. The Morgan fingerprint density at radius 3 is 2.94 bits per heavy atom. The molecule has 0 saturated carbocycles. The fraction of sp³-hybridized carbons (Fsp3) is 0.636. The maximum absolute atomic E-state index is 15.1. The van der Waals surface area contributed by atoms with Gasteiger partial charge in [0.1, 0.15) is 24.1 Å². The molecule has 0 bridgehead atoms. The third-order valence-corrected chi connectivity index (χ3v) is 8.32. The number of halogens is 4. The van der Waals surface area contributed by atoms with Crippen molar-refractivity contribution in [3.05, 3.63) is 21.4 Å². The van der Waals surface area contributed by atoms with Crippen LogP contribution < -0.4 is 9.64 Å². The van der Waals surface area contributed by atoms with E-state index in [2.05, 4.69) is 30.8 Å². The van der Waals surface area contributed by atoms with Crippen LogP contribution >= 0.6 is 27.5 Å². The number of rotatable bonds is 4. The lowest BCUT2D eigenvalue weighted by Crippen LogP contribution is -2.43. The van der Waals surface area contributed by atoms with Crippen molar-refractivity contribution in [2.24, 2.45) is 0 Å². The average Bonchev–Trinajstić information content (AvgIpc) is 3.19. The van der Waals surface area contributed by atoms with Gasteiger partial charge in [0.15, 0.2) is 5.82 Å². The second-order valence-corrected chi connectivity index (χ2v) is 10.3. The molecular formula is C22H26BrClF2N4O2. The molecule has 3 aliphatic rings. The van der Waals surface area contributed by atoms with Gasteiger partial charge in [-0.2, -0.15) is 9.97 Å². The maximum atomic E-state index is 15.1. The highest BCUT2D eigenvalue weighted by Gasteiger charge is 2.49. The summed E-state index contributed by atoms with van der Waals surface area (Å²) in [5, 5.41) is 10.8. The fourth-order valence-corrected chi connectivity index (χ4v) is 5.87. The lowest BCUT2D eigenvalue weighted by Gasteiger charge is -2.31. The van der Waals surface area contributed by atoms with Crippen molar-refractivity contribution in [3.8, 4) is 6.01 Å². The zero-order chi connectivity index (χ0) is 22.5. The first-order chi connectivity index (χ1) is 15.4. The molecule has 4 heterocycles. The molecule has 1 N–H and O–H groups in total. The quantitative estimate of drug-likeness (QED) is 0.587. The van der Waals surface area contributed by atoms with Gasteiger partial charge < -0.3 is 14.7 Å². The fourth-order valence-electron chi connectivity index (χ4n) is 5.38. The molecule has 32 heavy (non-hydrogen) atoms. The third-order valence-electron chi connectivity index (χ3n) is 7.01. The van der Waals surface area contributed by atoms with Crippen LogP contribution in [0.1, 0.15) is 38.5 Å². The number of nitrogens with zero attached hydrogens (tertiary/aromatic N) is 4. The molecule has 0 aliphatic carbocycles. The minimum Gasteiger partial charge on any atom is -0.461 e. The molecular weight excluding hydrogens is 506 g/mol. The number of anilines is 1. The van der Waals surface area contributed by atoms with E-state index in [1.165, 1.54) is 0 Å². The second-order valence-electron chi connectivity index (χ2n) is 9.15. The van der Waals surface area contributed by atoms with Gasteiger partial charge in [0.2, 0.25) is 0 Å². The number of fused-ring (bicyclic) bond motifs is 2. The Hall–Kier alpha value is -1.29. The normalized spacial score (nSPS) is 28.8. The van der Waals surface area contributed by atoms with Crippen molar-refractivity contribution in [1.82, 2.24) is 14.9 Å². The summed E-state index contributed by atoms with van der Waals surface area (Å²) in [6.07, 6.45) is 3.21. The van der Waals surface area contributed by atoms with Crippen molar-refractivity contribution >= 4 is 44.3 Å². The highest BCUT2D eigenvalue weighted by atomic mass is 79.9. The zero-order valence-electron chi connectivity index (χ0n) is 17.7. The van der Waals surface area contributed by atoms with Crippen LogP contribution in [0.5, 0.6) is 6.01 Å². The van der Waals surface area contributed by atoms with Gasteiger partial charge in [-0.05, 0) is 60.6 Å². The molecule has 1 aromatic carbocycles. The standard InChI is InChI=1S/C22H26BrClF2N4O2/c23-17-16(24)9-15-19(18(17)26)27-21(28-20(15)29-6-1-3-14(31)4-8-29)32-12-22-5-2-7-30(22)11-13(25)10-22/h9,13-14,31H,1-8,10-12H2/t13-,14?,22+/m1/s1. The molecule has 1 unspecified atom stereocenters. The van der Waals surface area contributed by atoms with Crippen molar-refractivity contribution in [2.75, 3.05) is 37.7 Å². The van der Waals surface area contributed by atoms with Crippen LogP contribution in [0.4, 0.5) is 14.6 Å². The molecule has 3 saturated heterocycles. The van der Waals surface area contributed by atoms with E-state index >= 15 is 4.39 Å². The molecule has 0 radical (unpaired) electrons. The molecule has 3 aliphatic heterocycles. The second kappa shape index (κ2) is 8.81. The van der Waals surface area contributed by atoms with Crippen LogP contribution in [0.15, 0.2) is 10.5 Å². The topological polar surface area (TPSA) is 61.7 Å². The van der Waals surface area contributed by atoms with E-state index in [0.717, 1.165) is 25.8 Å². The summed E-state index contributed by atoms with van der Waals surface area (Å²) >= 11 is 9.44. The molecule has 2 aromatic rings. The first-order valence-corrected chi connectivity index (χ1v) is 12.3. The summed E-state index contributed by atoms with van der Waals surface area (Å²) in [5.74, 6) is -0.0239. The van der Waals surface area contributed by atoms with Crippen LogP contribution in [0.3, 0.4) is 0 Å². The average molecular weight is 532 g/mol. The Kier molecular flexibility index (Phi) is 6.20. The lowest BCUT2D eigenvalue weighted by atomic mass is 9.95. The molecule has 1 aromatic heterocycles. The Morgan fingerprint density at radius 2 is 2.09 bits per heavy atom. The highest BCUT2D eigenvalue weighted by molar-refractivity contribution is 9.10. The zero-order valence-corrected chi connectivity index (χ0v) is 20.0.